The summed E-state index contributed by atoms with van der Waals surface area (Å²) in [5.74, 6) is 0. The summed E-state index contributed by atoms with van der Waals surface area (Å²) in [5, 5.41) is 1.19. The molecule has 0 spiro atoms. The van der Waals surface area contributed by atoms with Crippen molar-refractivity contribution in [2.75, 3.05) is 6.61 Å². The molecule has 0 atom stereocenters. The molecular weight excluding hydrogens is 234 g/mol. The maximum atomic E-state index is 5.69. The van der Waals surface area contributed by atoms with Gasteiger partial charge >= 0.3 is 0 Å². The zero-order chi connectivity index (χ0) is 13.3. The second kappa shape index (κ2) is 7.90. The molecule has 0 aliphatic carbocycles. The minimum atomic E-state index is 0.624. The molecule has 0 fully saturated rings. The summed E-state index contributed by atoms with van der Waals surface area (Å²) in [7, 11) is 0. The minimum absolute atomic E-state index is 0.624. The third-order valence-corrected chi connectivity index (χ3v) is 3.30. The van der Waals surface area contributed by atoms with E-state index in [4.69, 9.17) is 4.74 Å². The first kappa shape index (κ1) is 14.0. The van der Waals surface area contributed by atoms with Crippen LogP contribution in [0.2, 0.25) is 0 Å². The normalized spacial score (nSPS) is 11.0. The summed E-state index contributed by atoms with van der Waals surface area (Å²) in [6.07, 6.45) is 6.40. The fourth-order valence-corrected chi connectivity index (χ4v) is 2.17. The van der Waals surface area contributed by atoms with E-state index in [1.54, 1.807) is 0 Å². The second-order valence-electron chi connectivity index (χ2n) is 4.96. The largest absolute Gasteiger partial charge is 0.375 e. The lowest BCUT2D eigenvalue weighted by Gasteiger charge is -2.05. The van der Waals surface area contributed by atoms with Crippen LogP contribution in [-0.2, 0) is 11.3 Å². The Labute approximate surface area is 115 Å². The Morgan fingerprint density at radius 3 is 2.68 bits per heavy atom. The van der Waals surface area contributed by atoms with Crippen LogP contribution >= 0.6 is 0 Å². The summed E-state index contributed by atoms with van der Waals surface area (Å²) in [5.41, 5.74) is 2.07. The number of fused-ring (bicyclic) bond motifs is 1. The topological polar surface area (TPSA) is 22.1 Å². The van der Waals surface area contributed by atoms with Gasteiger partial charge in [0, 0.05) is 12.0 Å². The highest BCUT2D eigenvalue weighted by Crippen LogP contribution is 2.12. The van der Waals surface area contributed by atoms with E-state index >= 15 is 0 Å². The van der Waals surface area contributed by atoms with Crippen molar-refractivity contribution in [3.05, 3.63) is 42.1 Å². The van der Waals surface area contributed by atoms with Crippen molar-refractivity contribution in [1.82, 2.24) is 4.98 Å². The van der Waals surface area contributed by atoms with E-state index in [0.717, 1.165) is 24.2 Å². The van der Waals surface area contributed by atoms with Gasteiger partial charge in [0.05, 0.1) is 17.8 Å². The maximum Gasteiger partial charge on any atom is 0.0888 e. The van der Waals surface area contributed by atoms with Crippen LogP contribution in [0.3, 0.4) is 0 Å². The lowest BCUT2D eigenvalue weighted by atomic mass is 10.2. The molecule has 0 aliphatic rings. The molecule has 2 aromatic rings. The van der Waals surface area contributed by atoms with Gasteiger partial charge in [-0.15, -0.1) is 0 Å². The van der Waals surface area contributed by atoms with Gasteiger partial charge in [-0.2, -0.15) is 0 Å². The van der Waals surface area contributed by atoms with Crippen LogP contribution in [0.25, 0.3) is 10.9 Å². The zero-order valence-electron chi connectivity index (χ0n) is 11.8. The second-order valence-corrected chi connectivity index (χ2v) is 4.96. The molecule has 0 unspecified atom stereocenters. The van der Waals surface area contributed by atoms with Gasteiger partial charge in [0.25, 0.3) is 0 Å². The summed E-state index contributed by atoms with van der Waals surface area (Å²) in [6, 6.07) is 12.4. The molecule has 102 valence electrons. The number of para-hydroxylation sites is 1. The molecule has 0 saturated heterocycles. The smallest absolute Gasteiger partial charge is 0.0888 e. The third-order valence-electron chi connectivity index (χ3n) is 3.30. The van der Waals surface area contributed by atoms with Crippen molar-refractivity contribution in [2.24, 2.45) is 0 Å². The number of benzene rings is 1. The molecule has 0 amide bonds. The summed E-state index contributed by atoms with van der Waals surface area (Å²) in [4.78, 5) is 4.60. The van der Waals surface area contributed by atoms with Crippen molar-refractivity contribution in [2.45, 2.75) is 45.6 Å². The van der Waals surface area contributed by atoms with Crippen LogP contribution < -0.4 is 0 Å². The molecule has 0 saturated carbocycles. The first-order chi connectivity index (χ1) is 9.40. The Bertz CT molecular complexity index is 495. The number of rotatable bonds is 8. The van der Waals surface area contributed by atoms with Crippen LogP contribution in [0.4, 0.5) is 0 Å². The summed E-state index contributed by atoms with van der Waals surface area (Å²) < 4.78 is 5.69. The number of hydrogen-bond donors (Lipinski definition) is 0. The number of nitrogens with zero attached hydrogens (tertiary/aromatic N) is 1. The molecule has 1 aromatic heterocycles. The van der Waals surface area contributed by atoms with Crippen LogP contribution in [0.5, 0.6) is 0 Å². The van der Waals surface area contributed by atoms with E-state index in [-0.39, 0.29) is 0 Å². The van der Waals surface area contributed by atoms with Crippen LogP contribution in [0.1, 0.15) is 44.7 Å². The van der Waals surface area contributed by atoms with Gasteiger partial charge in [0.1, 0.15) is 0 Å². The number of pyridine rings is 1. The zero-order valence-corrected chi connectivity index (χ0v) is 11.8. The first-order valence-electron chi connectivity index (χ1n) is 7.32. The third kappa shape index (κ3) is 4.64. The Hall–Kier alpha value is -1.41. The molecule has 0 N–H and O–H groups in total. The average Bonchev–Trinajstić information content (AvgIpc) is 2.46. The molecule has 2 rings (SSSR count). The van der Waals surface area contributed by atoms with E-state index in [1.807, 2.05) is 18.2 Å². The summed E-state index contributed by atoms with van der Waals surface area (Å²) in [6.45, 7) is 3.71. The van der Waals surface area contributed by atoms with Gasteiger partial charge in [-0.3, -0.25) is 4.98 Å². The molecule has 1 heterocycles. The standard InChI is InChI=1S/C17H23NO/c1-2-3-4-5-8-13-19-14-16-12-11-15-9-6-7-10-17(15)18-16/h6-7,9-12H,2-5,8,13-14H2,1H3. The fourth-order valence-electron chi connectivity index (χ4n) is 2.17. The number of unbranched alkanes of at least 4 members (excludes halogenated alkanes) is 4. The molecule has 1 aromatic carbocycles. The van der Waals surface area contributed by atoms with E-state index in [2.05, 4.69) is 30.1 Å². The Kier molecular flexibility index (Phi) is 5.83. The van der Waals surface area contributed by atoms with Crippen LogP contribution in [0, 0.1) is 0 Å². The number of hydrogen-bond acceptors (Lipinski definition) is 2. The van der Waals surface area contributed by atoms with Crippen molar-refractivity contribution in [3.63, 3.8) is 0 Å². The minimum Gasteiger partial charge on any atom is -0.375 e. The SMILES string of the molecule is CCCCCCCOCc1ccc2ccccc2n1. The van der Waals surface area contributed by atoms with Crippen LogP contribution in [0.15, 0.2) is 36.4 Å². The molecule has 0 radical (unpaired) electrons. The fraction of sp³-hybridized carbons (Fsp3) is 0.471. The Balaban J connectivity index is 1.72. The quantitative estimate of drug-likeness (QED) is 0.638. The predicted octanol–water partition coefficient (Wildman–Crippen LogP) is 4.72. The number of ether oxygens (including phenoxy) is 1. The molecule has 0 aliphatic heterocycles. The molecule has 2 nitrogen and oxygen atoms in total. The van der Waals surface area contributed by atoms with Crippen molar-refractivity contribution in [3.8, 4) is 0 Å². The highest BCUT2D eigenvalue weighted by molar-refractivity contribution is 5.78. The van der Waals surface area contributed by atoms with Gasteiger partial charge < -0.3 is 4.74 Å². The van der Waals surface area contributed by atoms with Gasteiger partial charge in [0.15, 0.2) is 0 Å². The lowest BCUT2D eigenvalue weighted by molar-refractivity contribution is 0.114. The lowest BCUT2D eigenvalue weighted by Crippen LogP contribution is -1.98. The molecule has 19 heavy (non-hydrogen) atoms. The van der Waals surface area contributed by atoms with E-state index in [1.165, 1.54) is 31.1 Å². The predicted molar refractivity (Wildman–Crippen MR) is 80.2 cm³/mol. The van der Waals surface area contributed by atoms with E-state index < -0.39 is 0 Å². The van der Waals surface area contributed by atoms with E-state index in [9.17, 15) is 0 Å². The van der Waals surface area contributed by atoms with Gasteiger partial charge in [-0.25, -0.2) is 0 Å². The molecular formula is C17H23NO. The monoisotopic (exact) mass is 257 g/mol. The highest BCUT2D eigenvalue weighted by Gasteiger charge is 1.98. The first-order valence-corrected chi connectivity index (χ1v) is 7.32. The van der Waals surface area contributed by atoms with Crippen LogP contribution in [-0.4, -0.2) is 11.6 Å². The Morgan fingerprint density at radius 1 is 0.947 bits per heavy atom. The van der Waals surface area contributed by atoms with Crippen molar-refractivity contribution < 1.29 is 4.74 Å². The van der Waals surface area contributed by atoms with E-state index in [0.29, 0.717) is 6.61 Å². The van der Waals surface area contributed by atoms with Gasteiger partial charge in [0.2, 0.25) is 0 Å². The Morgan fingerprint density at radius 2 is 1.79 bits per heavy atom. The number of aromatic nitrogens is 1. The van der Waals surface area contributed by atoms with Gasteiger partial charge in [-0.1, -0.05) is 56.9 Å². The average molecular weight is 257 g/mol. The maximum absolute atomic E-state index is 5.69. The molecule has 2 heteroatoms. The molecule has 0 bridgehead atoms. The van der Waals surface area contributed by atoms with Crippen molar-refractivity contribution >= 4 is 10.9 Å². The van der Waals surface area contributed by atoms with Crippen molar-refractivity contribution in [1.29, 1.82) is 0 Å². The van der Waals surface area contributed by atoms with Gasteiger partial charge in [-0.05, 0) is 18.6 Å². The highest BCUT2D eigenvalue weighted by atomic mass is 16.5. The summed E-state index contributed by atoms with van der Waals surface area (Å²) >= 11 is 0.